The molecule has 0 bridgehead atoms. The molecule has 1 fully saturated rings. The summed E-state index contributed by atoms with van der Waals surface area (Å²) in [7, 11) is 0. The van der Waals surface area contributed by atoms with Gasteiger partial charge in [-0.3, -0.25) is 14.9 Å². The van der Waals surface area contributed by atoms with Gasteiger partial charge in [-0.15, -0.1) is 0 Å². The van der Waals surface area contributed by atoms with Crippen molar-refractivity contribution in [3.63, 3.8) is 0 Å². The molecule has 1 saturated heterocycles. The molecule has 0 saturated carbocycles. The predicted molar refractivity (Wildman–Crippen MR) is 60.4 cm³/mol. The van der Waals surface area contributed by atoms with Gasteiger partial charge in [-0.1, -0.05) is 12.1 Å². The van der Waals surface area contributed by atoms with Crippen LogP contribution in [0.4, 0.5) is 4.79 Å². The number of alkyl carbamates (subject to hydrolysis) is 1. The van der Waals surface area contributed by atoms with Gasteiger partial charge in [0.2, 0.25) is 0 Å². The van der Waals surface area contributed by atoms with Crippen molar-refractivity contribution in [3.8, 4) is 5.75 Å². The molecule has 1 aromatic rings. The van der Waals surface area contributed by atoms with Crippen LogP contribution in [-0.4, -0.2) is 18.0 Å². The number of rotatable bonds is 2. The van der Waals surface area contributed by atoms with Crippen LogP contribution in [0.25, 0.3) is 6.08 Å². The second kappa shape index (κ2) is 4.70. The van der Waals surface area contributed by atoms with Crippen molar-refractivity contribution in [1.82, 2.24) is 5.32 Å². The Kier molecular flexibility index (Phi) is 3.09. The third-order valence-electron chi connectivity index (χ3n) is 2.08. The van der Waals surface area contributed by atoms with Gasteiger partial charge < -0.3 is 9.47 Å². The summed E-state index contributed by atoms with van der Waals surface area (Å²) in [4.78, 5) is 32.7. The number of ether oxygens (including phenoxy) is 2. The highest BCUT2D eigenvalue weighted by atomic mass is 16.6. The molecule has 0 aliphatic carbocycles. The molecule has 0 aromatic heterocycles. The van der Waals surface area contributed by atoms with Crippen LogP contribution in [0, 0.1) is 0 Å². The molecule has 2 amide bonds. The molecule has 18 heavy (non-hydrogen) atoms. The van der Waals surface area contributed by atoms with E-state index in [0.29, 0.717) is 11.3 Å². The average molecular weight is 247 g/mol. The van der Waals surface area contributed by atoms with Crippen molar-refractivity contribution < 1.29 is 23.9 Å². The van der Waals surface area contributed by atoms with E-state index in [1.165, 1.54) is 13.0 Å². The first kappa shape index (κ1) is 11.8. The number of hydrogen-bond donors (Lipinski definition) is 1. The molecule has 6 heteroatoms. The minimum absolute atomic E-state index is 0.0692. The Morgan fingerprint density at radius 2 is 1.94 bits per heavy atom. The highest BCUT2D eigenvalue weighted by molar-refractivity contribution is 6.09. The van der Waals surface area contributed by atoms with E-state index in [0.717, 1.165) is 0 Å². The number of hydrogen-bond acceptors (Lipinski definition) is 5. The number of imide groups is 1. The van der Waals surface area contributed by atoms with Crippen molar-refractivity contribution in [1.29, 1.82) is 0 Å². The topological polar surface area (TPSA) is 81.7 Å². The molecular formula is C12H9NO5. The van der Waals surface area contributed by atoms with Gasteiger partial charge in [0.05, 0.1) is 0 Å². The molecule has 6 nitrogen and oxygen atoms in total. The monoisotopic (exact) mass is 247 g/mol. The summed E-state index contributed by atoms with van der Waals surface area (Å²) in [6, 6.07) is 6.40. The second-order valence-electron chi connectivity index (χ2n) is 3.51. The minimum Gasteiger partial charge on any atom is -0.427 e. The second-order valence-corrected chi connectivity index (χ2v) is 3.51. The average Bonchev–Trinajstić information content (AvgIpc) is 2.59. The van der Waals surface area contributed by atoms with E-state index < -0.39 is 18.0 Å². The maximum atomic E-state index is 11.2. The highest BCUT2D eigenvalue weighted by Gasteiger charge is 2.25. The first-order chi connectivity index (χ1) is 8.54. The van der Waals surface area contributed by atoms with Gasteiger partial charge in [0.25, 0.3) is 5.91 Å². The fourth-order valence-corrected chi connectivity index (χ4v) is 1.37. The van der Waals surface area contributed by atoms with Crippen LogP contribution in [0.15, 0.2) is 30.0 Å². The van der Waals surface area contributed by atoms with E-state index in [9.17, 15) is 14.4 Å². The Morgan fingerprint density at radius 3 is 2.44 bits per heavy atom. The zero-order valence-electron chi connectivity index (χ0n) is 9.43. The summed E-state index contributed by atoms with van der Waals surface area (Å²) >= 11 is 0. The predicted octanol–water partition coefficient (Wildman–Crippen LogP) is 1.22. The smallest absolute Gasteiger partial charge is 0.419 e. The van der Waals surface area contributed by atoms with E-state index in [2.05, 4.69) is 4.74 Å². The van der Waals surface area contributed by atoms with E-state index in [1.807, 2.05) is 5.32 Å². The molecule has 92 valence electrons. The molecule has 1 aliphatic rings. The fraction of sp³-hybridized carbons (Fsp3) is 0.0833. The van der Waals surface area contributed by atoms with Crippen molar-refractivity contribution in [2.24, 2.45) is 0 Å². The fourth-order valence-electron chi connectivity index (χ4n) is 1.37. The number of esters is 1. The van der Waals surface area contributed by atoms with Crippen LogP contribution >= 0.6 is 0 Å². The Labute approximate surface area is 102 Å². The van der Waals surface area contributed by atoms with Gasteiger partial charge >= 0.3 is 12.1 Å². The lowest BCUT2D eigenvalue weighted by atomic mass is 10.2. The summed E-state index contributed by atoms with van der Waals surface area (Å²) in [6.07, 6.45) is 0.625. The van der Waals surface area contributed by atoms with Gasteiger partial charge in [-0.05, 0) is 23.8 Å². The van der Waals surface area contributed by atoms with Gasteiger partial charge in [0.1, 0.15) is 5.75 Å². The van der Waals surface area contributed by atoms with Gasteiger partial charge in [0.15, 0.2) is 5.76 Å². The summed E-state index contributed by atoms with van der Waals surface area (Å²) in [5.41, 5.74) is 0.644. The van der Waals surface area contributed by atoms with Crippen molar-refractivity contribution in [2.75, 3.05) is 0 Å². The molecule has 1 N–H and O–H groups in total. The third-order valence-corrected chi connectivity index (χ3v) is 2.08. The van der Waals surface area contributed by atoms with Crippen LogP contribution in [0.1, 0.15) is 12.5 Å². The summed E-state index contributed by atoms with van der Waals surface area (Å²) in [5.74, 6) is -0.660. The minimum atomic E-state index is -0.789. The lowest BCUT2D eigenvalue weighted by Gasteiger charge is -2.01. The van der Waals surface area contributed by atoms with E-state index in [4.69, 9.17) is 4.74 Å². The standard InChI is InChI=1S/C12H9NO5/c1-7(14)17-9-4-2-8(3-5-9)6-10-11(15)13-12(16)18-10/h2-6H,1H3,(H,13,15,16). The molecule has 1 aromatic carbocycles. The van der Waals surface area contributed by atoms with Crippen LogP contribution in [-0.2, 0) is 14.3 Å². The first-order valence-electron chi connectivity index (χ1n) is 5.08. The van der Waals surface area contributed by atoms with Gasteiger partial charge in [0, 0.05) is 6.92 Å². The molecule has 0 unspecified atom stereocenters. The number of carbonyl (C=O) groups excluding carboxylic acids is 3. The van der Waals surface area contributed by atoms with Crippen molar-refractivity contribution >= 4 is 24.0 Å². The van der Waals surface area contributed by atoms with Crippen LogP contribution < -0.4 is 10.1 Å². The summed E-state index contributed by atoms with van der Waals surface area (Å²) < 4.78 is 9.50. The number of amides is 2. The van der Waals surface area contributed by atoms with Crippen molar-refractivity contribution in [2.45, 2.75) is 6.92 Å². The molecule has 2 rings (SSSR count). The quantitative estimate of drug-likeness (QED) is 0.482. The molecule has 0 atom stereocenters. The largest absolute Gasteiger partial charge is 0.427 e. The molecule has 1 aliphatic heterocycles. The zero-order chi connectivity index (χ0) is 13.1. The lowest BCUT2D eigenvalue weighted by molar-refractivity contribution is -0.131. The number of carbonyl (C=O) groups is 3. The third kappa shape index (κ3) is 2.73. The molecular weight excluding hydrogens is 238 g/mol. The van der Waals surface area contributed by atoms with E-state index in [1.54, 1.807) is 24.3 Å². The molecule has 1 heterocycles. The lowest BCUT2D eigenvalue weighted by Crippen LogP contribution is -2.18. The normalized spacial score (nSPS) is 16.4. The van der Waals surface area contributed by atoms with Crippen LogP contribution in [0.3, 0.4) is 0 Å². The maximum absolute atomic E-state index is 11.2. The van der Waals surface area contributed by atoms with Crippen LogP contribution in [0.5, 0.6) is 5.75 Å². The SMILES string of the molecule is CC(=O)Oc1ccc(C=C2OC(=O)NC2=O)cc1. The highest BCUT2D eigenvalue weighted by Crippen LogP contribution is 2.16. The van der Waals surface area contributed by atoms with E-state index >= 15 is 0 Å². The number of nitrogens with one attached hydrogen (secondary N) is 1. The zero-order valence-corrected chi connectivity index (χ0v) is 9.43. The Morgan fingerprint density at radius 1 is 1.28 bits per heavy atom. The van der Waals surface area contributed by atoms with Gasteiger partial charge in [-0.2, -0.15) is 0 Å². The van der Waals surface area contributed by atoms with E-state index in [-0.39, 0.29) is 5.76 Å². The number of benzene rings is 1. The Balaban J connectivity index is 2.15. The number of cyclic esters (lactones) is 1. The Hall–Kier alpha value is -2.63. The van der Waals surface area contributed by atoms with Gasteiger partial charge in [-0.25, -0.2) is 4.79 Å². The maximum Gasteiger partial charge on any atom is 0.419 e. The summed E-state index contributed by atoms with van der Waals surface area (Å²) in [6.45, 7) is 1.30. The summed E-state index contributed by atoms with van der Waals surface area (Å²) in [5, 5.41) is 1.99. The first-order valence-corrected chi connectivity index (χ1v) is 5.08. The molecule has 0 spiro atoms. The van der Waals surface area contributed by atoms with Crippen LogP contribution in [0.2, 0.25) is 0 Å². The molecule has 0 radical (unpaired) electrons. The Bertz CT molecular complexity index is 544. The van der Waals surface area contributed by atoms with Crippen molar-refractivity contribution in [3.05, 3.63) is 35.6 Å².